The number of carbonyl (C=O) groups excluding carboxylic acids is 1. The summed E-state index contributed by atoms with van der Waals surface area (Å²) in [5.41, 5.74) is 2.56. The number of carbonyl (C=O) groups is 1. The zero-order valence-corrected chi connectivity index (χ0v) is 13.2. The molecule has 1 amide bonds. The molecule has 0 saturated heterocycles. The largest absolute Gasteiger partial charge is 0.319 e. The summed E-state index contributed by atoms with van der Waals surface area (Å²) in [6, 6.07) is 15.1. The van der Waals surface area contributed by atoms with Gasteiger partial charge < -0.3 is 9.47 Å². The van der Waals surface area contributed by atoms with E-state index in [0.29, 0.717) is 10.7 Å². The van der Waals surface area contributed by atoms with E-state index in [1.54, 1.807) is 18.0 Å². The Balaban J connectivity index is 1.90. The number of nitrogens with zero attached hydrogens (tertiary/aromatic N) is 3. The number of aromatic nitrogens is 2. The maximum absolute atomic E-state index is 12.6. The fourth-order valence-electron chi connectivity index (χ4n) is 2.49. The zero-order chi connectivity index (χ0) is 15.7. The number of halogens is 1. The highest BCUT2D eigenvalue weighted by atomic mass is 35.5. The van der Waals surface area contributed by atoms with Gasteiger partial charge in [-0.25, -0.2) is 4.98 Å². The van der Waals surface area contributed by atoms with Crippen LogP contribution in [0.2, 0.25) is 5.02 Å². The smallest absolute Gasteiger partial charge is 0.246 e. The summed E-state index contributed by atoms with van der Waals surface area (Å²) in [4.78, 5) is 18.6. The molecule has 4 nitrogen and oxygen atoms in total. The van der Waals surface area contributed by atoms with Gasteiger partial charge in [-0.05, 0) is 31.2 Å². The van der Waals surface area contributed by atoms with Crippen molar-refractivity contribution in [3.8, 4) is 0 Å². The molecule has 112 valence electrons. The average molecular weight is 314 g/mol. The Kier molecular flexibility index (Phi) is 3.86. The molecule has 1 heterocycles. The van der Waals surface area contributed by atoms with E-state index in [-0.39, 0.29) is 12.5 Å². The number of benzene rings is 2. The van der Waals surface area contributed by atoms with Crippen LogP contribution >= 0.6 is 11.6 Å². The van der Waals surface area contributed by atoms with E-state index < -0.39 is 0 Å². The maximum Gasteiger partial charge on any atom is 0.246 e. The molecule has 0 bridgehead atoms. The molecule has 0 aliphatic heterocycles. The molecule has 0 fully saturated rings. The maximum atomic E-state index is 12.6. The molecule has 0 aliphatic rings. The molecule has 22 heavy (non-hydrogen) atoms. The minimum Gasteiger partial charge on any atom is -0.319 e. The Morgan fingerprint density at radius 2 is 1.86 bits per heavy atom. The van der Waals surface area contributed by atoms with Crippen molar-refractivity contribution in [3.63, 3.8) is 0 Å². The van der Waals surface area contributed by atoms with Crippen molar-refractivity contribution < 1.29 is 4.79 Å². The van der Waals surface area contributed by atoms with Crippen LogP contribution in [0.5, 0.6) is 0 Å². The van der Waals surface area contributed by atoms with Gasteiger partial charge >= 0.3 is 0 Å². The van der Waals surface area contributed by atoms with Gasteiger partial charge in [0.1, 0.15) is 12.4 Å². The third-order valence-electron chi connectivity index (χ3n) is 3.73. The highest BCUT2D eigenvalue weighted by Crippen LogP contribution is 2.24. The van der Waals surface area contributed by atoms with Crippen molar-refractivity contribution in [3.05, 3.63) is 59.4 Å². The summed E-state index contributed by atoms with van der Waals surface area (Å²) in [6.07, 6.45) is 0. The second-order valence-corrected chi connectivity index (χ2v) is 5.55. The first-order valence-electron chi connectivity index (χ1n) is 7.01. The molecular formula is C17H16ClN3O. The number of imidazole rings is 1. The Hall–Kier alpha value is -2.33. The number of likely N-dealkylation sites (N-methyl/N-ethyl adjacent to an activating group) is 1. The lowest BCUT2D eigenvalue weighted by atomic mass is 10.3. The Morgan fingerprint density at radius 3 is 2.64 bits per heavy atom. The molecule has 1 aromatic heterocycles. The van der Waals surface area contributed by atoms with Gasteiger partial charge in [0, 0.05) is 7.05 Å². The number of rotatable bonds is 3. The standard InChI is InChI=1S/C17H16ClN3O/c1-12-19-14-8-4-6-10-16(14)21(12)11-17(22)20(2)15-9-5-3-7-13(15)18/h3-10H,11H2,1-2H3. The predicted molar refractivity (Wildman–Crippen MR) is 89.3 cm³/mol. The first-order chi connectivity index (χ1) is 10.6. The number of anilines is 1. The summed E-state index contributed by atoms with van der Waals surface area (Å²) in [7, 11) is 1.73. The highest BCUT2D eigenvalue weighted by molar-refractivity contribution is 6.33. The summed E-state index contributed by atoms with van der Waals surface area (Å²) < 4.78 is 1.92. The molecule has 0 spiro atoms. The number of hydrogen-bond acceptors (Lipinski definition) is 2. The number of amides is 1. The van der Waals surface area contributed by atoms with Crippen LogP contribution in [0.1, 0.15) is 5.82 Å². The van der Waals surface area contributed by atoms with Gasteiger partial charge in [0.15, 0.2) is 0 Å². The van der Waals surface area contributed by atoms with Crippen molar-refractivity contribution in [2.45, 2.75) is 13.5 Å². The van der Waals surface area contributed by atoms with Crippen LogP contribution in [0, 0.1) is 6.92 Å². The fourth-order valence-corrected chi connectivity index (χ4v) is 2.76. The van der Waals surface area contributed by atoms with E-state index in [1.807, 2.05) is 54.0 Å². The minimum atomic E-state index is -0.0423. The van der Waals surface area contributed by atoms with Crippen LogP contribution < -0.4 is 4.90 Å². The molecule has 2 aromatic carbocycles. The SMILES string of the molecule is Cc1nc2ccccc2n1CC(=O)N(C)c1ccccc1Cl. The normalized spacial score (nSPS) is 10.9. The molecule has 3 rings (SSSR count). The number of para-hydroxylation sites is 3. The van der Waals surface area contributed by atoms with Gasteiger partial charge in [-0.2, -0.15) is 0 Å². The molecule has 0 unspecified atom stereocenters. The summed E-state index contributed by atoms with van der Waals surface area (Å²) in [5.74, 6) is 0.779. The molecule has 0 radical (unpaired) electrons. The zero-order valence-electron chi connectivity index (χ0n) is 12.5. The van der Waals surface area contributed by atoms with Crippen LogP contribution in [0.3, 0.4) is 0 Å². The molecule has 0 saturated carbocycles. The lowest BCUT2D eigenvalue weighted by molar-refractivity contribution is -0.118. The quantitative estimate of drug-likeness (QED) is 0.740. The summed E-state index contributed by atoms with van der Waals surface area (Å²) in [5, 5.41) is 0.561. The van der Waals surface area contributed by atoms with Crippen molar-refractivity contribution in [1.29, 1.82) is 0 Å². The van der Waals surface area contributed by atoms with Gasteiger partial charge in [-0.15, -0.1) is 0 Å². The van der Waals surface area contributed by atoms with Crippen LogP contribution in [0.15, 0.2) is 48.5 Å². The third-order valence-corrected chi connectivity index (χ3v) is 4.05. The van der Waals surface area contributed by atoms with Crippen LogP contribution in [-0.4, -0.2) is 22.5 Å². The predicted octanol–water partition coefficient (Wildman–Crippen LogP) is 3.66. The minimum absolute atomic E-state index is 0.0423. The van der Waals surface area contributed by atoms with Crippen LogP contribution in [0.4, 0.5) is 5.69 Å². The molecule has 5 heteroatoms. The van der Waals surface area contributed by atoms with E-state index in [0.717, 1.165) is 16.9 Å². The Morgan fingerprint density at radius 1 is 1.18 bits per heavy atom. The van der Waals surface area contributed by atoms with Crippen LogP contribution in [-0.2, 0) is 11.3 Å². The first kappa shape index (κ1) is 14.6. The number of hydrogen-bond donors (Lipinski definition) is 0. The lowest BCUT2D eigenvalue weighted by Crippen LogP contribution is -2.30. The molecule has 3 aromatic rings. The van der Waals surface area contributed by atoms with Crippen molar-refractivity contribution in [2.24, 2.45) is 0 Å². The summed E-state index contributed by atoms with van der Waals surface area (Å²) >= 11 is 6.16. The Labute approximate surface area is 133 Å². The second-order valence-electron chi connectivity index (χ2n) is 5.14. The van der Waals surface area contributed by atoms with E-state index in [2.05, 4.69) is 4.98 Å². The average Bonchev–Trinajstić information content (AvgIpc) is 2.83. The van der Waals surface area contributed by atoms with E-state index in [9.17, 15) is 4.79 Å². The van der Waals surface area contributed by atoms with Gasteiger partial charge in [-0.3, -0.25) is 4.79 Å². The first-order valence-corrected chi connectivity index (χ1v) is 7.38. The van der Waals surface area contributed by atoms with Gasteiger partial charge in [0.05, 0.1) is 21.7 Å². The summed E-state index contributed by atoms with van der Waals surface area (Å²) in [6.45, 7) is 2.14. The molecular weight excluding hydrogens is 298 g/mol. The highest BCUT2D eigenvalue weighted by Gasteiger charge is 2.16. The monoisotopic (exact) mass is 313 g/mol. The fraction of sp³-hybridized carbons (Fsp3) is 0.176. The molecule has 0 aliphatic carbocycles. The Bertz CT molecular complexity index is 841. The van der Waals surface area contributed by atoms with E-state index >= 15 is 0 Å². The lowest BCUT2D eigenvalue weighted by Gasteiger charge is -2.19. The third kappa shape index (κ3) is 2.57. The topological polar surface area (TPSA) is 38.1 Å². The van der Waals surface area contributed by atoms with Gasteiger partial charge in [0.25, 0.3) is 0 Å². The van der Waals surface area contributed by atoms with E-state index in [1.165, 1.54) is 0 Å². The van der Waals surface area contributed by atoms with Crippen molar-refractivity contribution in [1.82, 2.24) is 9.55 Å². The van der Waals surface area contributed by atoms with Crippen LogP contribution in [0.25, 0.3) is 11.0 Å². The van der Waals surface area contributed by atoms with Crippen molar-refractivity contribution >= 4 is 34.2 Å². The van der Waals surface area contributed by atoms with Gasteiger partial charge in [-0.1, -0.05) is 35.9 Å². The second kappa shape index (κ2) is 5.81. The number of aryl methyl sites for hydroxylation is 1. The molecule has 0 atom stereocenters. The molecule has 0 N–H and O–H groups in total. The van der Waals surface area contributed by atoms with Gasteiger partial charge in [0.2, 0.25) is 5.91 Å². The van der Waals surface area contributed by atoms with Crippen molar-refractivity contribution in [2.75, 3.05) is 11.9 Å². The number of fused-ring (bicyclic) bond motifs is 1. The van der Waals surface area contributed by atoms with E-state index in [4.69, 9.17) is 11.6 Å².